The van der Waals surface area contributed by atoms with Crippen molar-refractivity contribution in [3.05, 3.63) is 0 Å². The van der Waals surface area contributed by atoms with Crippen molar-refractivity contribution in [1.82, 2.24) is 0 Å². The van der Waals surface area contributed by atoms with Gasteiger partial charge in [0.25, 0.3) is 0 Å². The number of hydrogen-bond donors (Lipinski definition) is 0. The number of nitrogens with zero attached hydrogens (tertiary/aromatic N) is 1. The average Bonchev–Trinajstić information content (AvgIpc) is 2.05. The van der Waals surface area contributed by atoms with Crippen molar-refractivity contribution in [2.24, 2.45) is 10.9 Å². The van der Waals surface area contributed by atoms with Gasteiger partial charge in [-0.25, -0.2) is 0 Å². The molecule has 0 aromatic rings. The van der Waals surface area contributed by atoms with Crippen molar-refractivity contribution < 1.29 is 9.90 Å². The first-order valence-corrected chi connectivity index (χ1v) is 4.85. The number of carboxylic acids is 1. The molecule has 0 aliphatic rings. The Morgan fingerprint density at radius 3 is 2.46 bits per heavy atom. The van der Waals surface area contributed by atoms with Crippen LogP contribution in [0.1, 0.15) is 40.0 Å². The van der Waals surface area contributed by atoms with Crippen LogP contribution < -0.4 is 5.11 Å². The summed E-state index contributed by atoms with van der Waals surface area (Å²) in [6, 6.07) is 0. The number of rotatable bonds is 6. The molecule has 0 heterocycles. The van der Waals surface area contributed by atoms with Gasteiger partial charge in [-0.1, -0.05) is 20.3 Å². The Hall–Kier alpha value is -0.860. The van der Waals surface area contributed by atoms with Crippen LogP contribution in [0.2, 0.25) is 0 Å². The van der Waals surface area contributed by atoms with E-state index in [4.69, 9.17) is 0 Å². The molecule has 13 heavy (non-hydrogen) atoms. The Balaban J connectivity index is 4.10. The minimum absolute atomic E-state index is 0.503. The third-order valence-corrected chi connectivity index (χ3v) is 2.07. The molecule has 0 rings (SSSR count). The number of hydrogen-bond acceptors (Lipinski definition) is 3. The smallest absolute Gasteiger partial charge is 0.0501 e. The van der Waals surface area contributed by atoms with Crippen LogP contribution in [-0.4, -0.2) is 18.2 Å². The van der Waals surface area contributed by atoms with E-state index in [0.29, 0.717) is 12.1 Å². The molecule has 3 heteroatoms. The van der Waals surface area contributed by atoms with E-state index in [0.717, 1.165) is 19.4 Å². The van der Waals surface area contributed by atoms with Gasteiger partial charge in [0.15, 0.2) is 0 Å². The summed E-state index contributed by atoms with van der Waals surface area (Å²) < 4.78 is 0. The standard InChI is InChI=1S/C10H19NO2/c1-4-6-7-11-8(3)9(5-2)10(12)13/h9H,4-7H2,1-3H3,(H,12,13)/p-1. The van der Waals surface area contributed by atoms with Gasteiger partial charge in [-0.15, -0.1) is 0 Å². The molecule has 0 aromatic heterocycles. The maximum Gasteiger partial charge on any atom is 0.0501 e. The summed E-state index contributed by atoms with van der Waals surface area (Å²) in [4.78, 5) is 14.8. The Labute approximate surface area is 79.9 Å². The fourth-order valence-electron chi connectivity index (χ4n) is 1.16. The van der Waals surface area contributed by atoms with Gasteiger partial charge in [0, 0.05) is 18.2 Å². The molecule has 3 nitrogen and oxygen atoms in total. The van der Waals surface area contributed by atoms with Crippen molar-refractivity contribution in [3.63, 3.8) is 0 Å². The van der Waals surface area contributed by atoms with E-state index in [2.05, 4.69) is 11.9 Å². The van der Waals surface area contributed by atoms with E-state index in [-0.39, 0.29) is 0 Å². The third kappa shape index (κ3) is 4.65. The molecule has 0 saturated carbocycles. The molecular formula is C10H18NO2-. The van der Waals surface area contributed by atoms with E-state index in [9.17, 15) is 9.90 Å². The summed E-state index contributed by atoms with van der Waals surface area (Å²) in [7, 11) is 0. The zero-order valence-electron chi connectivity index (χ0n) is 8.67. The Morgan fingerprint density at radius 2 is 2.08 bits per heavy atom. The molecule has 0 aliphatic carbocycles. The van der Waals surface area contributed by atoms with Crippen LogP contribution in [0.4, 0.5) is 0 Å². The zero-order chi connectivity index (χ0) is 10.3. The lowest BCUT2D eigenvalue weighted by molar-refractivity contribution is -0.308. The van der Waals surface area contributed by atoms with Gasteiger partial charge in [0.05, 0.1) is 5.97 Å². The van der Waals surface area contributed by atoms with Crippen molar-refractivity contribution in [1.29, 1.82) is 0 Å². The number of carboxylic acid groups (broad SMARTS) is 1. The summed E-state index contributed by atoms with van der Waals surface area (Å²) >= 11 is 0. The van der Waals surface area contributed by atoms with Crippen molar-refractivity contribution in [3.8, 4) is 0 Å². The normalized spacial score (nSPS) is 14.2. The second-order valence-corrected chi connectivity index (χ2v) is 3.16. The minimum Gasteiger partial charge on any atom is -0.549 e. The van der Waals surface area contributed by atoms with Gasteiger partial charge in [0.2, 0.25) is 0 Å². The van der Waals surface area contributed by atoms with E-state index in [1.807, 2.05) is 6.92 Å². The first-order valence-electron chi connectivity index (χ1n) is 4.85. The minimum atomic E-state index is -1.01. The lowest BCUT2D eigenvalue weighted by Crippen LogP contribution is -2.35. The van der Waals surface area contributed by atoms with Crippen LogP contribution in [0.15, 0.2) is 4.99 Å². The Kier molecular flexibility index (Phi) is 6.20. The fourth-order valence-corrected chi connectivity index (χ4v) is 1.16. The van der Waals surface area contributed by atoms with Gasteiger partial charge in [-0.05, 0) is 19.8 Å². The quantitative estimate of drug-likeness (QED) is 0.457. The lowest BCUT2D eigenvalue weighted by atomic mass is 10.0. The number of aliphatic imine (C=N–C) groups is 1. The van der Waals surface area contributed by atoms with Gasteiger partial charge in [0.1, 0.15) is 0 Å². The number of carbonyl (C=O) groups excluding carboxylic acids is 1. The molecule has 0 spiro atoms. The van der Waals surface area contributed by atoms with E-state index in [1.165, 1.54) is 0 Å². The van der Waals surface area contributed by atoms with Crippen molar-refractivity contribution in [2.45, 2.75) is 40.0 Å². The number of carbonyl (C=O) groups is 1. The highest BCUT2D eigenvalue weighted by molar-refractivity contribution is 5.99. The summed E-state index contributed by atoms with van der Waals surface area (Å²) in [5.41, 5.74) is 0.691. The van der Waals surface area contributed by atoms with E-state index >= 15 is 0 Å². The fraction of sp³-hybridized carbons (Fsp3) is 0.800. The Bertz CT molecular complexity index is 187. The maximum absolute atomic E-state index is 10.6. The topological polar surface area (TPSA) is 52.5 Å². The van der Waals surface area contributed by atoms with Gasteiger partial charge >= 0.3 is 0 Å². The molecule has 0 N–H and O–H groups in total. The summed E-state index contributed by atoms with van der Waals surface area (Å²) in [6.07, 6.45) is 2.66. The first-order chi connectivity index (χ1) is 6.13. The molecular weight excluding hydrogens is 166 g/mol. The van der Waals surface area contributed by atoms with Crippen LogP contribution in [0.25, 0.3) is 0 Å². The SMILES string of the molecule is CCCCN=C(C)C(CC)C(=O)[O-]. The monoisotopic (exact) mass is 184 g/mol. The molecule has 0 aliphatic heterocycles. The second-order valence-electron chi connectivity index (χ2n) is 3.16. The highest BCUT2D eigenvalue weighted by Gasteiger charge is 2.09. The average molecular weight is 184 g/mol. The second kappa shape index (κ2) is 6.63. The van der Waals surface area contributed by atoms with Crippen LogP contribution in [0.3, 0.4) is 0 Å². The Morgan fingerprint density at radius 1 is 1.46 bits per heavy atom. The number of aliphatic carboxylic acids is 1. The highest BCUT2D eigenvalue weighted by atomic mass is 16.4. The lowest BCUT2D eigenvalue weighted by Gasteiger charge is -2.15. The number of unbranched alkanes of at least 4 members (excludes halogenated alkanes) is 1. The maximum atomic E-state index is 10.6. The summed E-state index contributed by atoms with van der Waals surface area (Å²) in [6.45, 7) is 6.41. The summed E-state index contributed by atoms with van der Waals surface area (Å²) in [5, 5.41) is 10.6. The molecule has 0 fully saturated rings. The first kappa shape index (κ1) is 12.1. The van der Waals surface area contributed by atoms with Crippen LogP contribution in [-0.2, 0) is 4.79 Å². The van der Waals surface area contributed by atoms with Gasteiger partial charge in [-0.3, -0.25) is 4.99 Å². The zero-order valence-corrected chi connectivity index (χ0v) is 8.67. The van der Waals surface area contributed by atoms with Crippen molar-refractivity contribution in [2.75, 3.05) is 6.54 Å². The molecule has 1 unspecified atom stereocenters. The predicted octanol–water partition coefficient (Wildman–Crippen LogP) is 1.02. The van der Waals surface area contributed by atoms with E-state index < -0.39 is 11.9 Å². The molecule has 0 aromatic carbocycles. The highest BCUT2D eigenvalue weighted by Crippen LogP contribution is 2.04. The van der Waals surface area contributed by atoms with Gasteiger partial charge < -0.3 is 9.90 Å². The largest absolute Gasteiger partial charge is 0.549 e. The summed E-state index contributed by atoms with van der Waals surface area (Å²) in [5.74, 6) is -1.52. The molecule has 0 radical (unpaired) electrons. The van der Waals surface area contributed by atoms with Crippen molar-refractivity contribution >= 4 is 11.7 Å². The van der Waals surface area contributed by atoms with Crippen LogP contribution in [0.5, 0.6) is 0 Å². The van der Waals surface area contributed by atoms with E-state index in [1.54, 1.807) is 6.92 Å². The predicted molar refractivity (Wildman–Crippen MR) is 51.7 cm³/mol. The molecule has 76 valence electrons. The molecule has 0 amide bonds. The van der Waals surface area contributed by atoms with Crippen LogP contribution in [0, 0.1) is 5.92 Å². The van der Waals surface area contributed by atoms with Gasteiger partial charge in [-0.2, -0.15) is 0 Å². The molecule has 0 saturated heterocycles. The van der Waals surface area contributed by atoms with Crippen LogP contribution >= 0.6 is 0 Å². The molecule has 0 bridgehead atoms. The molecule has 1 atom stereocenters. The third-order valence-electron chi connectivity index (χ3n) is 2.07.